The van der Waals surface area contributed by atoms with Gasteiger partial charge in [0, 0.05) is 0 Å². The summed E-state index contributed by atoms with van der Waals surface area (Å²) in [6.07, 6.45) is 6.11. The second-order valence-corrected chi connectivity index (χ2v) is 4.60. The van der Waals surface area contributed by atoms with Gasteiger partial charge in [0.05, 0.1) is 17.9 Å². The molecule has 1 heterocycles. The van der Waals surface area contributed by atoms with Gasteiger partial charge in [-0.2, -0.15) is 5.26 Å². The van der Waals surface area contributed by atoms with Crippen molar-refractivity contribution in [2.75, 3.05) is 0 Å². The van der Waals surface area contributed by atoms with Gasteiger partial charge in [-0.25, -0.2) is 0 Å². The van der Waals surface area contributed by atoms with E-state index in [2.05, 4.69) is 11.4 Å². The van der Waals surface area contributed by atoms with Crippen LogP contribution in [0.2, 0.25) is 0 Å². The lowest BCUT2D eigenvalue weighted by Crippen LogP contribution is -2.48. The number of carbonyl (C=O) groups is 1. The Balaban J connectivity index is 2.12. The number of furan rings is 1. The average Bonchev–Trinajstić information content (AvgIpc) is 2.77. The number of nitrogens with one attached hydrogen (secondary N) is 1. The molecule has 1 fully saturated rings. The number of carbonyl (C=O) groups excluding carboxylic acids is 1. The summed E-state index contributed by atoms with van der Waals surface area (Å²) < 4.78 is 5.10. The van der Waals surface area contributed by atoms with Crippen LogP contribution in [0.25, 0.3) is 0 Å². The summed E-state index contributed by atoms with van der Waals surface area (Å²) in [4.78, 5) is 12.0. The molecule has 0 atom stereocenters. The first-order chi connectivity index (χ1) is 8.17. The normalized spacial score (nSPS) is 18.4. The molecule has 1 amide bonds. The third kappa shape index (κ3) is 2.33. The molecule has 1 aliphatic rings. The zero-order valence-corrected chi connectivity index (χ0v) is 9.95. The topological polar surface area (TPSA) is 66.0 Å². The summed E-state index contributed by atoms with van der Waals surface area (Å²) in [5.74, 6) is 0.381. The summed E-state index contributed by atoms with van der Waals surface area (Å²) in [5.41, 5.74) is -0.163. The lowest BCUT2D eigenvalue weighted by Gasteiger charge is -2.31. The average molecular weight is 232 g/mol. The van der Waals surface area contributed by atoms with Crippen LogP contribution >= 0.6 is 0 Å². The Kier molecular flexibility index (Phi) is 3.19. The molecule has 0 saturated heterocycles. The zero-order valence-electron chi connectivity index (χ0n) is 9.95. The number of hydrogen-bond donors (Lipinski definition) is 1. The van der Waals surface area contributed by atoms with E-state index >= 15 is 0 Å². The predicted molar refractivity (Wildman–Crippen MR) is 62.3 cm³/mol. The van der Waals surface area contributed by atoms with Gasteiger partial charge in [-0.05, 0) is 25.8 Å². The molecule has 17 heavy (non-hydrogen) atoms. The fourth-order valence-electron chi connectivity index (χ4n) is 2.33. The van der Waals surface area contributed by atoms with Crippen LogP contribution in [0.3, 0.4) is 0 Å². The van der Waals surface area contributed by atoms with E-state index in [1.165, 1.54) is 6.26 Å². The molecule has 4 nitrogen and oxygen atoms in total. The fraction of sp³-hybridized carbons (Fsp3) is 0.538. The third-order valence-corrected chi connectivity index (χ3v) is 3.38. The van der Waals surface area contributed by atoms with Crippen molar-refractivity contribution in [1.29, 1.82) is 5.26 Å². The first-order valence-corrected chi connectivity index (χ1v) is 5.95. The summed E-state index contributed by atoms with van der Waals surface area (Å²) >= 11 is 0. The van der Waals surface area contributed by atoms with Crippen molar-refractivity contribution >= 4 is 5.91 Å². The Labute approximate surface area is 101 Å². The molecule has 90 valence electrons. The minimum Gasteiger partial charge on any atom is -0.469 e. The van der Waals surface area contributed by atoms with Crippen molar-refractivity contribution in [1.82, 2.24) is 5.32 Å². The maximum absolute atomic E-state index is 12.0. The first kappa shape index (κ1) is 11.7. The van der Waals surface area contributed by atoms with Crippen LogP contribution in [-0.2, 0) is 0 Å². The molecule has 0 radical (unpaired) electrons. The molecule has 2 rings (SSSR count). The van der Waals surface area contributed by atoms with Gasteiger partial charge in [0.15, 0.2) is 0 Å². The smallest absolute Gasteiger partial charge is 0.256 e. The lowest BCUT2D eigenvalue weighted by atomic mass is 9.82. The van der Waals surface area contributed by atoms with Crippen LogP contribution in [0, 0.1) is 18.3 Å². The van der Waals surface area contributed by atoms with Crippen LogP contribution in [0.5, 0.6) is 0 Å². The van der Waals surface area contributed by atoms with Crippen molar-refractivity contribution in [3.63, 3.8) is 0 Å². The van der Waals surface area contributed by atoms with Crippen molar-refractivity contribution in [2.24, 2.45) is 0 Å². The Morgan fingerprint density at radius 3 is 2.71 bits per heavy atom. The number of rotatable bonds is 2. The summed E-state index contributed by atoms with van der Waals surface area (Å²) in [6, 6.07) is 3.90. The van der Waals surface area contributed by atoms with Gasteiger partial charge in [-0.3, -0.25) is 4.79 Å². The van der Waals surface area contributed by atoms with Crippen LogP contribution in [0.4, 0.5) is 0 Å². The maximum atomic E-state index is 12.0. The van der Waals surface area contributed by atoms with Crippen LogP contribution < -0.4 is 5.32 Å². The van der Waals surface area contributed by atoms with Crippen LogP contribution in [-0.4, -0.2) is 11.4 Å². The highest BCUT2D eigenvalue weighted by atomic mass is 16.3. The zero-order chi connectivity index (χ0) is 12.3. The Morgan fingerprint density at radius 2 is 2.18 bits per heavy atom. The van der Waals surface area contributed by atoms with Gasteiger partial charge in [0.2, 0.25) is 0 Å². The van der Waals surface area contributed by atoms with Crippen LogP contribution in [0.15, 0.2) is 16.7 Å². The molecule has 4 heteroatoms. The molecular weight excluding hydrogens is 216 g/mol. The Morgan fingerprint density at radius 1 is 1.47 bits per heavy atom. The molecule has 1 N–H and O–H groups in total. The summed E-state index contributed by atoms with van der Waals surface area (Å²) in [6.45, 7) is 1.74. The SMILES string of the molecule is Cc1occc1C(=O)NC1(C#N)CCCCC1. The molecule has 0 aromatic carbocycles. The van der Waals surface area contributed by atoms with E-state index in [-0.39, 0.29) is 5.91 Å². The highest BCUT2D eigenvalue weighted by Gasteiger charge is 2.34. The highest BCUT2D eigenvalue weighted by molar-refractivity contribution is 5.95. The Bertz CT molecular complexity index is 450. The number of nitriles is 1. The van der Waals surface area contributed by atoms with E-state index in [9.17, 15) is 10.1 Å². The third-order valence-electron chi connectivity index (χ3n) is 3.38. The monoisotopic (exact) mass is 232 g/mol. The fourth-order valence-corrected chi connectivity index (χ4v) is 2.33. The molecule has 0 unspecified atom stereocenters. The van der Waals surface area contributed by atoms with E-state index < -0.39 is 5.54 Å². The van der Waals surface area contributed by atoms with Crippen molar-refractivity contribution in [3.05, 3.63) is 23.7 Å². The molecule has 0 spiro atoms. The number of hydrogen-bond acceptors (Lipinski definition) is 3. The highest BCUT2D eigenvalue weighted by Crippen LogP contribution is 2.28. The van der Waals surface area contributed by atoms with Gasteiger partial charge in [0.1, 0.15) is 11.3 Å². The second kappa shape index (κ2) is 4.62. The van der Waals surface area contributed by atoms with Crippen molar-refractivity contribution < 1.29 is 9.21 Å². The lowest BCUT2D eigenvalue weighted by molar-refractivity contribution is 0.0901. The molecule has 1 aromatic rings. The molecule has 1 saturated carbocycles. The molecule has 1 aromatic heterocycles. The van der Waals surface area contributed by atoms with Gasteiger partial charge < -0.3 is 9.73 Å². The predicted octanol–water partition coefficient (Wildman–Crippen LogP) is 2.54. The summed E-state index contributed by atoms with van der Waals surface area (Å²) in [5, 5.41) is 12.1. The van der Waals surface area contributed by atoms with Gasteiger partial charge in [-0.15, -0.1) is 0 Å². The number of amides is 1. The maximum Gasteiger partial charge on any atom is 0.256 e. The van der Waals surface area contributed by atoms with Crippen molar-refractivity contribution in [2.45, 2.75) is 44.6 Å². The second-order valence-electron chi connectivity index (χ2n) is 4.60. The van der Waals surface area contributed by atoms with Gasteiger partial charge >= 0.3 is 0 Å². The minimum absolute atomic E-state index is 0.209. The van der Waals surface area contributed by atoms with Crippen LogP contribution in [0.1, 0.15) is 48.2 Å². The van der Waals surface area contributed by atoms with Gasteiger partial charge in [0.25, 0.3) is 5.91 Å². The van der Waals surface area contributed by atoms with E-state index in [0.717, 1.165) is 32.1 Å². The quantitative estimate of drug-likeness (QED) is 0.852. The Hall–Kier alpha value is -1.76. The van der Waals surface area contributed by atoms with E-state index in [1.807, 2.05) is 0 Å². The number of aryl methyl sites for hydroxylation is 1. The number of nitrogens with zero attached hydrogens (tertiary/aromatic N) is 1. The molecule has 0 aliphatic heterocycles. The van der Waals surface area contributed by atoms with Gasteiger partial charge in [-0.1, -0.05) is 19.3 Å². The standard InChI is InChI=1S/C13H16N2O2/c1-10-11(5-8-17-10)12(16)15-13(9-14)6-3-2-4-7-13/h5,8H,2-4,6-7H2,1H3,(H,15,16). The first-order valence-electron chi connectivity index (χ1n) is 5.95. The summed E-state index contributed by atoms with van der Waals surface area (Å²) in [7, 11) is 0. The van der Waals surface area contributed by atoms with E-state index in [4.69, 9.17) is 4.42 Å². The molecular formula is C13H16N2O2. The largest absolute Gasteiger partial charge is 0.469 e. The minimum atomic E-state index is -0.682. The van der Waals surface area contributed by atoms with E-state index in [0.29, 0.717) is 11.3 Å². The van der Waals surface area contributed by atoms with Crippen molar-refractivity contribution in [3.8, 4) is 6.07 Å². The molecule has 1 aliphatic carbocycles. The molecule has 0 bridgehead atoms. The van der Waals surface area contributed by atoms with E-state index in [1.54, 1.807) is 13.0 Å².